The SMILES string of the molecule is CCOC(=O)c1c(NC(=O)C(Sc2cccc(NC(=O)/C(=C/c3ccccc3)NC(=O)c3ccccc3)c2)c2ccccc2)sc2c1CCN(C(C)=O)C2. The van der Waals surface area contributed by atoms with Crippen LogP contribution in [0.2, 0.25) is 0 Å². The Labute approximate surface area is 321 Å². The number of ether oxygens (including phenoxy) is 1. The Kier molecular flexibility index (Phi) is 12.4. The number of rotatable bonds is 12. The molecular formula is C42H38N4O6S2. The summed E-state index contributed by atoms with van der Waals surface area (Å²) in [6, 6.07) is 34.2. The Balaban J connectivity index is 1.25. The minimum Gasteiger partial charge on any atom is -0.462 e. The van der Waals surface area contributed by atoms with Gasteiger partial charge in [0, 0.05) is 34.5 Å². The van der Waals surface area contributed by atoms with Gasteiger partial charge >= 0.3 is 5.97 Å². The first-order valence-corrected chi connectivity index (χ1v) is 19.0. The molecule has 4 amide bonds. The van der Waals surface area contributed by atoms with Crippen LogP contribution in [-0.2, 0) is 32.1 Å². The van der Waals surface area contributed by atoms with Crippen molar-refractivity contribution < 1.29 is 28.7 Å². The maximum atomic E-state index is 14.2. The van der Waals surface area contributed by atoms with Crippen LogP contribution in [0.5, 0.6) is 0 Å². The number of fused-ring (bicyclic) bond motifs is 1. The maximum absolute atomic E-state index is 14.2. The zero-order valence-corrected chi connectivity index (χ0v) is 31.3. The highest BCUT2D eigenvalue weighted by molar-refractivity contribution is 8.00. The molecule has 1 aliphatic rings. The molecule has 1 aromatic heterocycles. The smallest absolute Gasteiger partial charge is 0.341 e. The van der Waals surface area contributed by atoms with Gasteiger partial charge in [0.1, 0.15) is 15.9 Å². The van der Waals surface area contributed by atoms with E-state index in [1.165, 1.54) is 30.0 Å². The van der Waals surface area contributed by atoms with Crippen LogP contribution < -0.4 is 16.0 Å². The third-order valence-corrected chi connectivity index (χ3v) is 10.9. The lowest BCUT2D eigenvalue weighted by Crippen LogP contribution is -2.34. The molecule has 4 aromatic carbocycles. The Morgan fingerprint density at radius 3 is 2.24 bits per heavy atom. The van der Waals surface area contributed by atoms with Gasteiger partial charge in [0.25, 0.3) is 11.8 Å². The van der Waals surface area contributed by atoms with Crippen LogP contribution in [0.3, 0.4) is 0 Å². The van der Waals surface area contributed by atoms with Gasteiger partial charge in [-0.15, -0.1) is 23.1 Å². The van der Waals surface area contributed by atoms with Gasteiger partial charge in [-0.1, -0.05) is 84.9 Å². The standard InChI is InChI=1S/C42H38N4O6S2/c1-3-52-42(51)36-33-22-23-46(27(2)47)26-35(33)54-41(36)45-40(50)37(29-16-9-5-10-17-29)53-32-21-13-20-31(25-32)43-39(49)34(24-28-14-7-4-8-15-28)44-38(48)30-18-11-6-12-19-30/h4-21,24-25,37H,3,22-23,26H2,1-2H3,(H,43,49)(H,44,48)(H,45,50)/b34-24-. The quantitative estimate of drug-likeness (QED) is 0.0675. The van der Waals surface area contributed by atoms with E-state index in [0.717, 1.165) is 21.6 Å². The summed E-state index contributed by atoms with van der Waals surface area (Å²) in [5, 5.41) is 8.31. The second kappa shape index (κ2) is 17.7. The summed E-state index contributed by atoms with van der Waals surface area (Å²) >= 11 is 2.56. The van der Waals surface area contributed by atoms with Crippen molar-refractivity contribution in [1.29, 1.82) is 0 Å². The van der Waals surface area contributed by atoms with Gasteiger partial charge in [-0.3, -0.25) is 19.2 Å². The first-order chi connectivity index (χ1) is 26.2. The van der Waals surface area contributed by atoms with Crippen LogP contribution in [0.25, 0.3) is 6.08 Å². The summed E-state index contributed by atoms with van der Waals surface area (Å²) in [7, 11) is 0. The molecule has 2 heterocycles. The second-order valence-electron chi connectivity index (χ2n) is 12.3. The van der Waals surface area contributed by atoms with Gasteiger partial charge in [0.2, 0.25) is 11.8 Å². The summed E-state index contributed by atoms with van der Waals surface area (Å²) in [6.45, 7) is 4.24. The van der Waals surface area contributed by atoms with Gasteiger partial charge in [0.05, 0.1) is 18.7 Å². The van der Waals surface area contributed by atoms with Crippen molar-refractivity contribution >= 4 is 69.5 Å². The van der Waals surface area contributed by atoms with E-state index in [-0.39, 0.29) is 24.1 Å². The first kappa shape index (κ1) is 37.8. The van der Waals surface area contributed by atoms with E-state index in [4.69, 9.17) is 4.74 Å². The molecule has 0 saturated heterocycles. The van der Waals surface area contributed by atoms with Crippen molar-refractivity contribution in [3.63, 3.8) is 0 Å². The van der Waals surface area contributed by atoms with Crippen LogP contribution in [-0.4, -0.2) is 47.6 Å². The number of hydrogen-bond donors (Lipinski definition) is 3. The van der Waals surface area contributed by atoms with E-state index in [2.05, 4.69) is 16.0 Å². The van der Waals surface area contributed by atoms with Gasteiger partial charge in [-0.25, -0.2) is 4.79 Å². The summed E-state index contributed by atoms with van der Waals surface area (Å²) in [4.78, 5) is 69.6. The van der Waals surface area contributed by atoms with Crippen molar-refractivity contribution in [2.75, 3.05) is 23.8 Å². The zero-order valence-electron chi connectivity index (χ0n) is 29.7. The summed E-state index contributed by atoms with van der Waals surface area (Å²) in [5.74, 6) is -1.89. The second-order valence-corrected chi connectivity index (χ2v) is 14.6. The molecule has 3 N–H and O–H groups in total. The molecule has 0 radical (unpaired) electrons. The number of nitrogens with one attached hydrogen (secondary N) is 3. The minimum absolute atomic E-state index is 0.0529. The maximum Gasteiger partial charge on any atom is 0.341 e. The molecule has 12 heteroatoms. The predicted molar refractivity (Wildman–Crippen MR) is 212 cm³/mol. The molecule has 5 aromatic rings. The number of esters is 1. The van der Waals surface area contributed by atoms with Crippen molar-refractivity contribution in [2.45, 2.75) is 37.0 Å². The van der Waals surface area contributed by atoms with Crippen molar-refractivity contribution in [2.24, 2.45) is 0 Å². The number of carbonyl (C=O) groups excluding carboxylic acids is 5. The third-order valence-electron chi connectivity index (χ3n) is 8.54. The Morgan fingerprint density at radius 2 is 1.56 bits per heavy atom. The van der Waals surface area contributed by atoms with Crippen molar-refractivity contribution in [3.8, 4) is 0 Å². The number of anilines is 2. The van der Waals surface area contributed by atoms with Crippen LogP contribution in [0, 0.1) is 0 Å². The lowest BCUT2D eigenvalue weighted by atomic mass is 10.0. The molecule has 274 valence electrons. The van der Waals surface area contributed by atoms with E-state index in [1.807, 2.05) is 66.7 Å². The van der Waals surface area contributed by atoms with E-state index in [1.54, 1.807) is 66.4 Å². The molecule has 0 aliphatic carbocycles. The first-order valence-electron chi connectivity index (χ1n) is 17.3. The largest absolute Gasteiger partial charge is 0.462 e. The van der Waals surface area contributed by atoms with Crippen molar-refractivity contribution in [3.05, 3.63) is 154 Å². The molecular weight excluding hydrogens is 721 g/mol. The highest BCUT2D eigenvalue weighted by Gasteiger charge is 2.32. The topological polar surface area (TPSA) is 134 Å². The van der Waals surface area contributed by atoms with E-state index >= 15 is 0 Å². The molecule has 0 saturated carbocycles. The molecule has 10 nitrogen and oxygen atoms in total. The van der Waals surface area contributed by atoms with E-state index < -0.39 is 23.0 Å². The van der Waals surface area contributed by atoms with Gasteiger partial charge in [-0.05, 0) is 66.4 Å². The molecule has 54 heavy (non-hydrogen) atoms. The fourth-order valence-electron chi connectivity index (χ4n) is 5.90. The number of thiophene rings is 1. The number of amides is 4. The minimum atomic E-state index is -0.751. The number of nitrogens with zero attached hydrogens (tertiary/aromatic N) is 1. The summed E-state index contributed by atoms with van der Waals surface area (Å²) < 4.78 is 5.40. The van der Waals surface area contributed by atoms with Crippen LogP contribution in [0.15, 0.2) is 126 Å². The molecule has 0 fully saturated rings. The molecule has 6 rings (SSSR count). The van der Waals surface area contributed by atoms with Crippen LogP contribution in [0.1, 0.15) is 61.4 Å². The molecule has 1 atom stereocenters. The average Bonchev–Trinajstić information content (AvgIpc) is 3.55. The predicted octanol–water partition coefficient (Wildman–Crippen LogP) is 7.71. The number of thioether (sulfide) groups is 1. The van der Waals surface area contributed by atoms with Gasteiger partial charge in [-0.2, -0.15) is 0 Å². The third kappa shape index (κ3) is 9.32. The Morgan fingerprint density at radius 1 is 0.870 bits per heavy atom. The molecule has 1 unspecified atom stereocenters. The summed E-state index contributed by atoms with van der Waals surface area (Å²) in [5.41, 5.74) is 3.49. The highest BCUT2D eigenvalue weighted by atomic mass is 32.2. The zero-order chi connectivity index (χ0) is 38.0. The molecule has 1 aliphatic heterocycles. The Hall–Kier alpha value is -5.98. The number of benzene rings is 4. The van der Waals surface area contributed by atoms with Crippen molar-refractivity contribution in [1.82, 2.24) is 10.2 Å². The van der Waals surface area contributed by atoms with Crippen LogP contribution >= 0.6 is 23.1 Å². The Bertz CT molecular complexity index is 2190. The van der Waals surface area contributed by atoms with Gasteiger partial charge < -0.3 is 25.6 Å². The molecule has 0 bridgehead atoms. The fourth-order valence-corrected chi connectivity index (χ4v) is 8.24. The summed E-state index contributed by atoms with van der Waals surface area (Å²) in [6.07, 6.45) is 2.08. The van der Waals surface area contributed by atoms with E-state index in [9.17, 15) is 24.0 Å². The normalized spacial score (nSPS) is 12.9. The van der Waals surface area contributed by atoms with E-state index in [0.29, 0.717) is 46.2 Å². The average molecular weight is 759 g/mol. The highest BCUT2D eigenvalue weighted by Crippen LogP contribution is 2.41. The number of carbonyl (C=O) groups is 5. The lowest BCUT2D eigenvalue weighted by Gasteiger charge is -2.25. The fraction of sp³-hybridized carbons (Fsp3) is 0.167. The van der Waals surface area contributed by atoms with Gasteiger partial charge in [0.15, 0.2) is 0 Å². The molecule has 0 spiro atoms. The van der Waals surface area contributed by atoms with Crippen LogP contribution in [0.4, 0.5) is 10.7 Å². The monoisotopic (exact) mass is 758 g/mol. The lowest BCUT2D eigenvalue weighted by molar-refractivity contribution is -0.129. The number of hydrogen-bond acceptors (Lipinski definition) is 8.